The lowest BCUT2D eigenvalue weighted by Gasteiger charge is -2.24. The number of Topliss-reactive ketones (excluding diaryl/α,β-unsaturated/α-hetero) is 1. The lowest BCUT2D eigenvalue weighted by molar-refractivity contribution is -0.114. The molecule has 0 spiro atoms. The van der Waals surface area contributed by atoms with E-state index in [1.807, 2.05) is 0 Å². The summed E-state index contributed by atoms with van der Waals surface area (Å²) in [6, 6.07) is 9.20. The van der Waals surface area contributed by atoms with Crippen molar-refractivity contribution < 1.29 is 31.5 Å². The van der Waals surface area contributed by atoms with Gasteiger partial charge >= 0.3 is 0 Å². The summed E-state index contributed by atoms with van der Waals surface area (Å²) in [5.41, 5.74) is 1.95. The van der Waals surface area contributed by atoms with Crippen LogP contribution in [0.1, 0.15) is 40.2 Å². The molecule has 2 aliphatic rings. The molecule has 3 heterocycles. The number of carbonyl (C=O) groups excluding carboxylic acids is 2. The molecule has 38 heavy (non-hydrogen) atoms. The Bertz CT molecular complexity index is 1460. The minimum absolute atomic E-state index is 0.0107. The number of hydrogen-bond donors (Lipinski definition) is 1. The maximum absolute atomic E-state index is 13.5. The zero-order valence-electron chi connectivity index (χ0n) is 20.3. The van der Waals surface area contributed by atoms with Gasteiger partial charge in [-0.2, -0.15) is 4.31 Å². The molecule has 200 valence electrons. The average molecular weight is 546 g/mol. The second-order valence-electron chi connectivity index (χ2n) is 9.13. The number of nitrogens with zero attached hydrogens (tertiary/aromatic N) is 4. The van der Waals surface area contributed by atoms with Crippen molar-refractivity contribution in [2.45, 2.75) is 43.4 Å². The molecule has 1 atom stereocenters. The summed E-state index contributed by atoms with van der Waals surface area (Å²) >= 11 is 0. The molecule has 1 aromatic heterocycles. The summed E-state index contributed by atoms with van der Waals surface area (Å²) < 4.78 is 60.0. The number of ether oxygens (including phenoxy) is 1. The van der Waals surface area contributed by atoms with Gasteiger partial charge in [-0.15, -0.1) is 5.10 Å². The molecule has 0 bridgehead atoms. The Morgan fingerprint density at radius 2 is 1.92 bits per heavy atom. The van der Waals surface area contributed by atoms with Crippen molar-refractivity contribution in [2.75, 3.05) is 24.7 Å². The van der Waals surface area contributed by atoms with Crippen LogP contribution in [-0.2, 0) is 39.1 Å². The van der Waals surface area contributed by atoms with Crippen LogP contribution in [0.3, 0.4) is 0 Å². The van der Waals surface area contributed by atoms with Crippen molar-refractivity contribution in [1.82, 2.24) is 19.7 Å². The van der Waals surface area contributed by atoms with E-state index < -0.39 is 40.2 Å². The van der Waals surface area contributed by atoms with Gasteiger partial charge in [-0.1, -0.05) is 17.3 Å². The molecule has 0 unspecified atom stereocenters. The molecular formula is C25H25F2N5O5S. The molecule has 2 aromatic carbocycles. The lowest BCUT2D eigenvalue weighted by Crippen LogP contribution is -2.38. The number of rotatable bonds is 10. The van der Waals surface area contributed by atoms with Crippen LogP contribution in [-0.4, -0.2) is 65.7 Å². The number of amides is 1. The number of nitrogens with one attached hydrogen (secondary N) is 1. The molecular weight excluding hydrogens is 520 g/mol. The largest absolute Gasteiger partial charge is 0.373 e. The molecule has 1 saturated heterocycles. The Morgan fingerprint density at radius 1 is 1.13 bits per heavy atom. The van der Waals surface area contributed by atoms with Gasteiger partial charge < -0.3 is 9.64 Å². The van der Waals surface area contributed by atoms with Crippen LogP contribution in [0.4, 0.5) is 14.5 Å². The van der Waals surface area contributed by atoms with E-state index >= 15 is 0 Å². The zero-order valence-corrected chi connectivity index (χ0v) is 21.1. The predicted octanol–water partition coefficient (Wildman–Crippen LogP) is 2.56. The molecule has 1 N–H and O–H groups in total. The SMILES string of the molecule is O=C1C(=O)N(Cc2ccc(F)cc2)c2ccc(S(=O)(=O)N3CCC[C@H]3COCc3nn[nH]c3CCF)cc21. The van der Waals surface area contributed by atoms with E-state index in [2.05, 4.69) is 15.4 Å². The second kappa shape index (κ2) is 10.7. The first-order chi connectivity index (χ1) is 18.3. The lowest BCUT2D eigenvalue weighted by atomic mass is 10.1. The molecule has 2 aliphatic heterocycles. The minimum Gasteiger partial charge on any atom is -0.373 e. The van der Waals surface area contributed by atoms with E-state index in [-0.39, 0.29) is 43.2 Å². The molecule has 3 aromatic rings. The van der Waals surface area contributed by atoms with Gasteiger partial charge in [-0.05, 0) is 48.7 Å². The topological polar surface area (TPSA) is 126 Å². The highest BCUT2D eigenvalue weighted by Gasteiger charge is 2.39. The number of ketones is 1. The summed E-state index contributed by atoms with van der Waals surface area (Å²) in [6.45, 7) is -0.0585. The smallest absolute Gasteiger partial charge is 0.299 e. The number of aromatic amines is 1. The minimum atomic E-state index is -3.99. The van der Waals surface area contributed by atoms with Gasteiger partial charge in [0.15, 0.2) is 0 Å². The quantitative estimate of drug-likeness (QED) is 0.388. The number of aromatic nitrogens is 3. The van der Waals surface area contributed by atoms with Gasteiger partial charge in [-0.3, -0.25) is 19.1 Å². The van der Waals surface area contributed by atoms with Gasteiger partial charge in [0.1, 0.15) is 11.5 Å². The number of carbonyl (C=O) groups is 2. The van der Waals surface area contributed by atoms with E-state index in [1.54, 1.807) is 0 Å². The van der Waals surface area contributed by atoms with Crippen LogP contribution in [0, 0.1) is 5.82 Å². The maximum Gasteiger partial charge on any atom is 0.299 e. The fraction of sp³-hybridized carbons (Fsp3) is 0.360. The first kappa shape index (κ1) is 26.1. The van der Waals surface area contributed by atoms with Gasteiger partial charge in [0.25, 0.3) is 11.7 Å². The second-order valence-corrected chi connectivity index (χ2v) is 11.0. The molecule has 1 amide bonds. The first-order valence-electron chi connectivity index (χ1n) is 12.1. The molecule has 5 rings (SSSR count). The molecule has 10 nitrogen and oxygen atoms in total. The van der Waals surface area contributed by atoms with Crippen molar-refractivity contribution in [1.29, 1.82) is 0 Å². The number of anilines is 1. The van der Waals surface area contributed by atoms with E-state index in [4.69, 9.17) is 4.74 Å². The highest BCUT2D eigenvalue weighted by Crippen LogP contribution is 2.34. The molecule has 1 fully saturated rings. The number of sulfonamides is 1. The summed E-state index contributed by atoms with van der Waals surface area (Å²) in [6.07, 6.45) is 1.36. The highest BCUT2D eigenvalue weighted by molar-refractivity contribution is 7.89. The van der Waals surface area contributed by atoms with Crippen LogP contribution < -0.4 is 4.90 Å². The van der Waals surface area contributed by atoms with Gasteiger partial charge in [-0.25, -0.2) is 12.8 Å². The summed E-state index contributed by atoms with van der Waals surface area (Å²) in [5.74, 6) is -1.98. The number of alkyl halides is 1. The van der Waals surface area contributed by atoms with Gasteiger partial charge in [0.2, 0.25) is 10.0 Å². The monoisotopic (exact) mass is 545 g/mol. The third kappa shape index (κ3) is 4.96. The zero-order chi connectivity index (χ0) is 26.9. The van der Waals surface area contributed by atoms with Crippen molar-refractivity contribution in [3.8, 4) is 0 Å². The number of hydrogen-bond acceptors (Lipinski definition) is 7. The standard InChI is InChI=1S/C25H25F2N5O5S/c26-10-9-21-22(29-30-28-21)15-37-14-18-2-1-11-32(18)38(35,36)19-7-8-23-20(12-19)24(33)25(34)31(23)13-16-3-5-17(27)6-4-16/h3-8,12,18H,1-2,9-11,13-15H2,(H,28,29,30)/t18-/m0/s1. The van der Waals surface area contributed by atoms with Crippen molar-refractivity contribution in [3.05, 3.63) is 70.8 Å². The molecule has 0 aliphatic carbocycles. The Labute approximate surface area is 217 Å². The van der Waals surface area contributed by atoms with Crippen LogP contribution >= 0.6 is 0 Å². The van der Waals surface area contributed by atoms with E-state index in [0.717, 1.165) is 0 Å². The summed E-state index contributed by atoms with van der Waals surface area (Å²) in [4.78, 5) is 26.6. The fourth-order valence-corrected chi connectivity index (χ4v) is 6.48. The molecule has 0 saturated carbocycles. The van der Waals surface area contributed by atoms with Crippen molar-refractivity contribution in [3.63, 3.8) is 0 Å². The predicted molar refractivity (Wildman–Crippen MR) is 131 cm³/mol. The van der Waals surface area contributed by atoms with E-state index in [0.29, 0.717) is 35.5 Å². The van der Waals surface area contributed by atoms with Gasteiger partial charge in [0, 0.05) is 19.0 Å². The van der Waals surface area contributed by atoms with E-state index in [1.165, 1.54) is 51.7 Å². The summed E-state index contributed by atoms with van der Waals surface area (Å²) in [7, 11) is -3.99. The summed E-state index contributed by atoms with van der Waals surface area (Å²) in [5, 5.41) is 10.2. The van der Waals surface area contributed by atoms with E-state index in [9.17, 15) is 26.8 Å². The van der Waals surface area contributed by atoms with Crippen LogP contribution in [0.2, 0.25) is 0 Å². The maximum atomic E-state index is 13.5. The Hall–Kier alpha value is -3.55. The number of halogens is 2. The molecule has 0 radical (unpaired) electrons. The van der Waals surface area contributed by atoms with Crippen LogP contribution in [0.5, 0.6) is 0 Å². The van der Waals surface area contributed by atoms with Crippen molar-refractivity contribution in [2.24, 2.45) is 0 Å². The number of benzene rings is 2. The Balaban J connectivity index is 1.31. The molecule has 13 heteroatoms. The highest BCUT2D eigenvalue weighted by atomic mass is 32.2. The Morgan fingerprint density at radius 3 is 2.68 bits per heavy atom. The normalized spacial score (nSPS) is 17.9. The van der Waals surface area contributed by atoms with Crippen molar-refractivity contribution >= 4 is 27.4 Å². The third-order valence-corrected chi connectivity index (χ3v) is 8.67. The number of aryl methyl sites for hydroxylation is 1. The van der Waals surface area contributed by atoms with Crippen LogP contribution in [0.25, 0.3) is 0 Å². The third-order valence-electron chi connectivity index (χ3n) is 6.72. The fourth-order valence-electron chi connectivity index (χ4n) is 4.77. The first-order valence-corrected chi connectivity index (χ1v) is 13.5. The number of H-pyrrole nitrogens is 1. The average Bonchev–Trinajstić information content (AvgIpc) is 3.62. The van der Waals surface area contributed by atoms with Gasteiger partial charge in [0.05, 0.1) is 48.3 Å². The number of fused-ring (bicyclic) bond motifs is 1. The Kier molecular flexibility index (Phi) is 7.32. The van der Waals surface area contributed by atoms with Crippen LogP contribution in [0.15, 0.2) is 47.4 Å².